The molecule has 112 valence electrons. The van der Waals surface area contributed by atoms with E-state index in [9.17, 15) is 5.11 Å². The van der Waals surface area contributed by atoms with Gasteiger partial charge in [-0.2, -0.15) is 4.98 Å². The summed E-state index contributed by atoms with van der Waals surface area (Å²) in [5, 5.41) is 14.2. The van der Waals surface area contributed by atoms with Crippen molar-refractivity contribution in [1.29, 1.82) is 0 Å². The van der Waals surface area contributed by atoms with E-state index in [1.54, 1.807) is 0 Å². The lowest BCUT2D eigenvalue weighted by Crippen LogP contribution is -2.20. The third-order valence-corrected chi connectivity index (χ3v) is 4.32. The molecule has 1 saturated carbocycles. The molecule has 3 rings (SSSR count). The summed E-state index contributed by atoms with van der Waals surface area (Å²) in [4.78, 5) is 4.40. The normalized spacial score (nSPS) is 17.2. The molecule has 0 saturated heterocycles. The first-order chi connectivity index (χ1) is 10.2. The highest BCUT2D eigenvalue weighted by Crippen LogP contribution is 2.28. The van der Waals surface area contributed by atoms with Gasteiger partial charge in [0.05, 0.1) is 12.5 Å². The van der Waals surface area contributed by atoms with Crippen LogP contribution in [0.5, 0.6) is 0 Å². The number of aliphatic hydroxyl groups is 1. The molecule has 0 radical (unpaired) electrons. The van der Waals surface area contributed by atoms with Gasteiger partial charge in [0.25, 0.3) is 0 Å². The molecule has 4 heteroatoms. The summed E-state index contributed by atoms with van der Waals surface area (Å²) in [6.45, 7) is 2.07. The zero-order chi connectivity index (χ0) is 14.7. The summed E-state index contributed by atoms with van der Waals surface area (Å²) in [6, 6.07) is 8.33. The fraction of sp³-hybridized carbons (Fsp3) is 0.529. The van der Waals surface area contributed by atoms with Gasteiger partial charge in [-0.05, 0) is 31.2 Å². The van der Waals surface area contributed by atoms with Crippen molar-refractivity contribution >= 4 is 0 Å². The van der Waals surface area contributed by atoms with E-state index >= 15 is 0 Å². The van der Waals surface area contributed by atoms with Crippen LogP contribution in [-0.2, 0) is 12.8 Å². The number of hydrogen-bond donors (Lipinski definition) is 1. The van der Waals surface area contributed by atoms with Crippen LogP contribution in [0.25, 0.3) is 0 Å². The standard InChI is InChI=1S/C17H22N2O2/c1-12-6-8-13(9-7-12)10-16-18-17(21-19-16)11-15(20)14-4-2-3-5-14/h6-9,14-15,20H,2-5,10-11H2,1H3. The molecule has 1 aliphatic rings. The van der Waals surface area contributed by atoms with Crippen LogP contribution in [0.4, 0.5) is 0 Å². The van der Waals surface area contributed by atoms with Crippen molar-refractivity contribution in [3.8, 4) is 0 Å². The maximum Gasteiger partial charge on any atom is 0.229 e. The van der Waals surface area contributed by atoms with Crippen LogP contribution in [0, 0.1) is 12.8 Å². The van der Waals surface area contributed by atoms with Gasteiger partial charge in [-0.3, -0.25) is 0 Å². The van der Waals surface area contributed by atoms with Crippen molar-refractivity contribution < 1.29 is 9.63 Å². The molecule has 1 aromatic heterocycles. The Hall–Kier alpha value is -1.68. The third-order valence-electron chi connectivity index (χ3n) is 4.32. The molecule has 21 heavy (non-hydrogen) atoms. The largest absolute Gasteiger partial charge is 0.392 e. The smallest absolute Gasteiger partial charge is 0.229 e. The summed E-state index contributed by atoms with van der Waals surface area (Å²) in [5.41, 5.74) is 2.41. The van der Waals surface area contributed by atoms with Crippen LogP contribution in [-0.4, -0.2) is 21.4 Å². The first-order valence-corrected chi connectivity index (χ1v) is 7.76. The highest BCUT2D eigenvalue weighted by Gasteiger charge is 2.25. The molecule has 0 spiro atoms. The molecule has 0 amide bonds. The maximum atomic E-state index is 10.2. The number of hydrogen-bond acceptors (Lipinski definition) is 4. The van der Waals surface area contributed by atoms with Crippen LogP contribution < -0.4 is 0 Å². The molecule has 1 N–H and O–H groups in total. The van der Waals surface area contributed by atoms with E-state index in [0.717, 1.165) is 12.8 Å². The molecule has 1 unspecified atom stereocenters. The van der Waals surface area contributed by atoms with Gasteiger partial charge in [0.1, 0.15) is 0 Å². The van der Waals surface area contributed by atoms with Gasteiger partial charge >= 0.3 is 0 Å². The lowest BCUT2D eigenvalue weighted by atomic mass is 9.98. The fourth-order valence-electron chi connectivity index (χ4n) is 3.02. The Bertz CT molecular complexity index is 571. The molecule has 0 aliphatic heterocycles. The van der Waals surface area contributed by atoms with Crippen LogP contribution in [0.2, 0.25) is 0 Å². The molecule has 2 aromatic rings. The molecule has 0 bridgehead atoms. The lowest BCUT2D eigenvalue weighted by Gasteiger charge is -2.14. The topological polar surface area (TPSA) is 59.2 Å². The van der Waals surface area contributed by atoms with Crippen LogP contribution in [0.15, 0.2) is 28.8 Å². The lowest BCUT2D eigenvalue weighted by molar-refractivity contribution is 0.102. The molecule has 4 nitrogen and oxygen atoms in total. The second-order valence-electron chi connectivity index (χ2n) is 6.08. The average Bonchev–Trinajstić information content (AvgIpc) is 3.13. The van der Waals surface area contributed by atoms with Crippen LogP contribution in [0.3, 0.4) is 0 Å². The Balaban J connectivity index is 1.59. The Kier molecular flexibility index (Phi) is 4.34. The average molecular weight is 286 g/mol. The Morgan fingerprint density at radius 2 is 1.95 bits per heavy atom. The Labute approximate surface area is 125 Å². The number of aromatic nitrogens is 2. The van der Waals surface area contributed by atoms with E-state index in [-0.39, 0.29) is 6.10 Å². The summed E-state index contributed by atoms with van der Waals surface area (Å²) < 4.78 is 5.27. The van der Waals surface area contributed by atoms with Gasteiger partial charge in [0, 0.05) is 6.42 Å². The molecule has 1 heterocycles. The highest BCUT2D eigenvalue weighted by atomic mass is 16.5. The minimum atomic E-state index is -0.347. The van der Waals surface area contributed by atoms with Gasteiger partial charge in [-0.15, -0.1) is 0 Å². The van der Waals surface area contributed by atoms with E-state index in [4.69, 9.17) is 4.52 Å². The summed E-state index contributed by atoms with van der Waals surface area (Å²) in [5.74, 6) is 1.64. The van der Waals surface area contributed by atoms with Crippen molar-refractivity contribution in [1.82, 2.24) is 10.1 Å². The van der Waals surface area contributed by atoms with Crippen molar-refractivity contribution in [3.63, 3.8) is 0 Å². The Morgan fingerprint density at radius 3 is 2.67 bits per heavy atom. The summed E-state index contributed by atoms with van der Waals surface area (Å²) >= 11 is 0. The highest BCUT2D eigenvalue weighted by molar-refractivity contribution is 5.23. The summed E-state index contributed by atoms with van der Waals surface area (Å²) in [7, 11) is 0. The number of aryl methyl sites for hydroxylation is 1. The number of aliphatic hydroxyl groups excluding tert-OH is 1. The first kappa shape index (κ1) is 14.3. The predicted octanol–water partition coefficient (Wildman–Crippen LogP) is 3.06. The molecule has 1 aromatic carbocycles. The SMILES string of the molecule is Cc1ccc(Cc2noc(CC(O)C3CCCC3)n2)cc1. The van der Waals surface area contributed by atoms with Gasteiger partial charge in [-0.1, -0.05) is 47.8 Å². The van der Waals surface area contributed by atoms with Crippen molar-refractivity contribution in [2.24, 2.45) is 5.92 Å². The Morgan fingerprint density at radius 1 is 1.24 bits per heavy atom. The second-order valence-corrected chi connectivity index (χ2v) is 6.08. The minimum absolute atomic E-state index is 0.347. The predicted molar refractivity (Wildman–Crippen MR) is 80.0 cm³/mol. The maximum absolute atomic E-state index is 10.2. The van der Waals surface area contributed by atoms with Crippen molar-refractivity contribution in [3.05, 3.63) is 47.1 Å². The second kappa shape index (κ2) is 6.39. The summed E-state index contributed by atoms with van der Waals surface area (Å²) in [6.07, 6.45) is 5.49. The van der Waals surface area contributed by atoms with Gasteiger partial charge in [0.2, 0.25) is 5.89 Å². The molecular weight excluding hydrogens is 264 g/mol. The van der Waals surface area contributed by atoms with E-state index < -0.39 is 0 Å². The van der Waals surface area contributed by atoms with Crippen molar-refractivity contribution in [2.45, 2.75) is 51.6 Å². The van der Waals surface area contributed by atoms with E-state index in [1.807, 2.05) is 0 Å². The number of nitrogens with zero attached hydrogens (tertiary/aromatic N) is 2. The molecular formula is C17H22N2O2. The first-order valence-electron chi connectivity index (χ1n) is 7.76. The van der Waals surface area contributed by atoms with Gasteiger partial charge in [0.15, 0.2) is 5.82 Å². The molecule has 1 fully saturated rings. The fourth-order valence-corrected chi connectivity index (χ4v) is 3.02. The van der Waals surface area contributed by atoms with Crippen LogP contribution in [0.1, 0.15) is 48.5 Å². The number of rotatable bonds is 5. The van der Waals surface area contributed by atoms with E-state index in [2.05, 4.69) is 41.3 Å². The molecule has 1 atom stereocenters. The minimum Gasteiger partial charge on any atom is -0.392 e. The van der Waals surface area contributed by atoms with E-state index in [1.165, 1.54) is 24.0 Å². The van der Waals surface area contributed by atoms with E-state index in [0.29, 0.717) is 30.5 Å². The monoisotopic (exact) mass is 286 g/mol. The third kappa shape index (κ3) is 3.70. The van der Waals surface area contributed by atoms with Gasteiger partial charge < -0.3 is 9.63 Å². The zero-order valence-electron chi connectivity index (χ0n) is 12.5. The van der Waals surface area contributed by atoms with Crippen LogP contribution >= 0.6 is 0 Å². The van der Waals surface area contributed by atoms with Crippen molar-refractivity contribution in [2.75, 3.05) is 0 Å². The zero-order valence-corrected chi connectivity index (χ0v) is 12.5. The number of benzene rings is 1. The van der Waals surface area contributed by atoms with Gasteiger partial charge in [-0.25, -0.2) is 0 Å². The quantitative estimate of drug-likeness (QED) is 0.917. The molecule has 1 aliphatic carbocycles.